The van der Waals surface area contributed by atoms with Crippen LogP contribution >= 0.6 is 11.6 Å². The monoisotopic (exact) mass is 378 g/mol. The number of hydrogen-bond donors (Lipinski definition) is 2. The molecule has 140 valence electrons. The molecule has 3 saturated carbocycles. The summed E-state index contributed by atoms with van der Waals surface area (Å²) in [6.07, 6.45) is 4.37. The van der Waals surface area contributed by atoms with Gasteiger partial charge in [-0.25, -0.2) is 4.52 Å². The molecule has 0 aromatic carbocycles. The lowest BCUT2D eigenvalue weighted by molar-refractivity contribution is -0.154. The molecule has 2 aromatic heterocycles. The number of aliphatic hydroxyl groups is 1. The van der Waals surface area contributed by atoms with Gasteiger partial charge in [-0.3, -0.25) is 4.79 Å². The third-order valence-electron chi connectivity index (χ3n) is 5.81. The van der Waals surface area contributed by atoms with Gasteiger partial charge in [-0.05, 0) is 68.2 Å². The minimum Gasteiger partial charge on any atom is -0.466 e. The normalized spacial score (nSPS) is 27.7. The van der Waals surface area contributed by atoms with Gasteiger partial charge < -0.3 is 15.2 Å². The molecule has 0 radical (unpaired) electrons. The molecule has 7 nitrogen and oxygen atoms in total. The highest BCUT2D eigenvalue weighted by atomic mass is 35.5. The number of nitrogens with zero attached hydrogens (tertiary/aromatic N) is 3. The summed E-state index contributed by atoms with van der Waals surface area (Å²) < 4.78 is 6.95. The maximum atomic E-state index is 12.6. The smallest absolute Gasteiger partial charge is 0.311 e. The Bertz CT molecular complexity index is 816. The molecule has 2 N–H and O–H groups in total. The fourth-order valence-electron chi connectivity index (χ4n) is 4.64. The maximum Gasteiger partial charge on any atom is 0.311 e. The molecule has 3 fully saturated rings. The molecule has 0 saturated heterocycles. The zero-order valence-corrected chi connectivity index (χ0v) is 15.4. The third-order valence-corrected chi connectivity index (χ3v) is 5.97. The number of halogens is 1. The van der Waals surface area contributed by atoms with Crippen molar-refractivity contribution in [3.63, 3.8) is 0 Å². The molecular weight excluding hydrogens is 356 g/mol. The van der Waals surface area contributed by atoms with E-state index in [4.69, 9.17) is 16.3 Å². The molecule has 2 atom stereocenters. The number of carbonyl (C=O) groups is 1. The lowest BCUT2D eigenvalue weighted by Crippen LogP contribution is -2.52. The largest absolute Gasteiger partial charge is 0.466 e. The van der Waals surface area contributed by atoms with E-state index >= 15 is 0 Å². The van der Waals surface area contributed by atoms with E-state index in [1.807, 2.05) is 13.0 Å². The molecule has 0 amide bonds. The first kappa shape index (κ1) is 17.5. The highest BCUT2D eigenvalue weighted by molar-refractivity contribution is 6.28. The summed E-state index contributed by atoms with van der Waals surface area (Å²) in [7, 11) is 0. The number of esters is 1. The Labute approximate surface area is 156 Å². The van der Waals surface area contributed by atoms with Gasteiger partial charge in [0, 0.05) is 6.04 Å². The number of nitrogens with one attached hydrogen (secondary N) is 1. The highest BCUT2D eigenvalue weighted by Crippen LogP contribution is 2.46. The molecule has 5 rings (SSSR count). The second kappa shape index (κ2) is 7.04. The lowest BCUT2D eigenvalue weighted by atomic mass is 9.61. The van der Waals surface area contributed by atoms with Gasteiger partial charge in [-0.15, -0.1) is 5.10 Å². The average molecular weight is 379 g/mol. The standard InChI is InChI=1S/C18H23ClN4O3/c1-2-26-17(25)14-10-3-5-11(6-4-10)15(14)20-16-13-8-7-12(9-24)23(13)22-18(19)21-16/h7-8,10-11,14-15,24H,2-6,9H2,1H3,(H,20,21,22)/t10?,11?,14-,15-/m1/s1. The van der Waals surface area contributed by atoms with E-state index in [-0.39, 0.29) is 29.8 Å². The van der Waals surface area contributed by atoms with Gasteiger partial charge in [0.2, 0.25) is 5.28 Å². The molecule has 8 heteroatoms. The fourth-order valence-corrected chi connectivity index (χ4v) is 4.80. The molecule has 0 aliphatic heterocycles. The number of aliphatic hydroxyl groups excluding tert-OH is 1. The van der Waals surface area contributed by atoms with E-state index in [1.54, 1.807) is 10.6 Å². The summed E-state index contributed by atoms with van der Waals surface area (Å²) in [5.74, 6) is 1.07. The Kier molecular flexibility index (Phi) is 4.75. The van der Waals surface area contributed by atoms with E-state index < -0.39 is 0 Å². The van der Waals surface area contributed by atoms with Crippen molar-refractivity contribution in [2.45, 2.75) is 45.3 Å². The Balaban J connectivity index is 1.69. The molecule has 26 heavy (non-hydrogen) atoms. The summed E-state index contributed by atoms with van der Waals surface area (Å²) in [4.78, 5) is 17.0. The second-order valence-corrected chi connectivity index (χ2v) is 7.47. The average Bonchev–Trinajstić information content (AvgIpc) is 3.05. The Morgan fingerprint density at radius 3 is 2.77 bits per heavy atom. The van der Waals surface area contributed by atoms with E-state index in [0.29, 0.717) is 30.0 Å². The molecule has 2 heterocycles. The number of carbonyl (C=O) groups excluding carboxylic acids is 1. The van der Waals surface area contributed by atoms with Gasteiger partial charge >= 0.3 is 5.97 Å². The Hall–Kier alpha value is -1.86. The molecule has 0 unspecified atom stereocenters. The molecule has 2 aromatic rings. The van der Waals surface area contributed by atoms with Crippen molar-refractivity contribution in [1.82, 2.24) is 14.6 Å². The minimum atomic E-state index is -0.163. The first-order valence-corrected chi connectivity index (χ1v) is 9.58. The summed E-state index contributed by atoms with van der Waals surface area (Å²) in [6.45, 7) is 2.09. The van der Waals surface area contributed by atoms with E-state index in [2.05, 4.69) is 15.4 Å². The van der Waals surface area contributed by atoms with Crippen LogP contribution in [0, 0.1) is 17.8 Å². The van der Waals surface area contributed by atoms with Gasteiger partial charge in [0.15, 0.2) is 5.82 Å². The number of anilines is 1. The number of fused-ring (bicyclic) bond motifs is 4. The molecule has 3 aliphatic rings. The first-order chi connectivity index (χ1) is 12.6. The summed E-state index contributed by atoms with van der Waals surface area (Å²) in [5, 5.41) is 17.2. The van der Waals surface area contributed by atoms with Crippen LogP contribution in [0.5, 0.6) is 0 Å². The van der Waals surface area contributed by atoms with Crippen molar-refractivity contribution < 1.29 is 14.6 Å². The highest BCUT2D eigenvalue weighted by Gasteiger charge is 2.48. The number of hydrogen-bond acceptors (Lipinski definition) is 6. The number of rotatable bonds is 5. The fraction of sp³-hybridized carbons (Fsp3) is 0.611. The van der Waals surface area contributed by atoms with Crippen molar-refractivity contribution in [1.29, 1.82) is 0 Å². The molecule has 0 spiro atoms. The van der Waals surface area contributed by atoms with Gasteiger partial charge in [0.1, 0.15) is 5.52 Å². The summed E-state index contributed by atoms with van der Waals surface area (Å²) in [5.41, 5.74) is 1.38. The molecular formula is C18H23ClN4O3. The van der Waals surface area contributed by atoms with Gasteiger partial charge in [0.25, 0.3) is 0 Å². The SMILES string of the molecule is CCOC(=O)[C@@H]1C2CCC(CC2)[C@H]1Nc1nc(Cl)nn2c(CO)ccc12. The topological polar surface area (TPSA) is 88.8 Å². The van der Waals surface area contributed by atoms with E-state index in [0.717, 1.165) is 31.2 Å². The summed E-state index contributed by atoms with van der Waals surface area (Å²) >= 11 is 6.10. The second-order valence-electron chi connectivity index (χ2n) is 7.13. The molecule has 3 aliphatic carbocycles. The van der Waals surface area contributed by atoms with Crippen LogP contribution in [0.25, 0.3) is 5.52 Å². The van der Waals surface area contributed by atoms with Gasteiger partial charge in [-0.2, -0.15) is 4.98 Å². The zero-order chi connectivity index (χ0) is 18.3. The van der Waals surface area contributed by atoms with Crippen LogP contribution < -0.4 is 5.32 Å². The van der Waals surface area contributed by atoms with Crippen LogP contribution in [0.1, 0.15) is 38.3 Å². The van der Waals surface area contributed by atoms with Crippen molar-refractivity contribution in [2.75, 3.05) is 11.9 Å². The Morgan fingerprint density at radius 2 is 2.08 bits per heavy atom. The van der Waals surface area contributed by atoms with Crippen molar-refractivity contribution in [3.05, 3.63) is 23.1 Å². The van der Waals surface area contributed by atoms with Crippen LogP contribution in [0.3, 0.4) is 0 Å². The van der Waals surface area contributed by atoms with Gasteiger partial charge in [-0.1, -0.05) is 0 Å². The predicted octanol–water partition coefficient (Wildman–Crippen LogP) is 2.65. The lowest BCUT2D eigenvalue weighted by Gasteiger charge is -2.47. The van der Waals surface area contributed by atoms with Crippen molar-refractivity contribution in [2.24, 2.45) is 17.8 Å². The zero-order valence-electron chi connectivity index (χ0n) is 14.7. The number of ether oxygens (including phenoxy) is 1. The van der Waals surface area contributed by atoms with Crippen molar-refractivity contribution >= 4 is 28.9 Å². The van der Waals surface area contributed by atoms with E-state index in [1.165, 1.54) is 0 Å². The van der Waals surface area contributed by atoms with Crippen LogP contribution in [0.15, 0.2) is 12.1 Å². The molecule has 2 bridgehead atoms. The third kappa shape index (κ3) is 2.93. The van der Waals surface area contributed by atoms with Crippen LogP contribution in [0.2, 0.25) is 5.28 Å². The summed E-state index contributed by atoms with van der Waals surface area (Å²) in [6, 6.07) is 3.62. The Morgan fingerprint density at radius 1 is 1.35 bits per heavy atom. The predicted molar refractivity (Wildman–Crippen MR) is 96.9 cm³/mol. The number of aromatic nitrogens is 3. The van der Waals surface area contributed by atoms with E-state index in [9.17, 15) is 9.90 Å². The van der Waals surface area contributed by atoms with Crippen LogP contribution in [-0.2, 0) is 16.1 Å². The first-order valence-electron chi connectivity index (χ1n) is 9.20. The van der Waals surface area contributed by atoms with Crippen molar-refractivity contribution in [3.8, 4) is 0 Å². The maximum absolute atomic E-state index is 12.6. The van der Waals surface area contributed by atoms with Crippen LogP contribution in [0.4, 0.5) is 5.82 Å². The quantitative estimate of drug-likeness (QED) is 0.777. The van der Waals surface area contributed by atoms with Gasteiger partial charge in [0.05, 0.1) is 24.8 Å². The minimum absolute atomic E-state index is 0.0243. The van der Waals surface area contributed by atoms with Crippen LogP contribution in [-0.4, -0.2) is 38.3 Å².